The lowest BCUT2D eigenvalue weighted by Gasteiger charge is -2.32. The summed E-state index contributed by atoms with van der Waals surface area (Å²) < 4.78 is 6.07. The molecule has 1 aromatic heterocycles. The highest BCUT2D eigenvalue weighted by molar-refractivity contribution is 6.02. The van der Waals surface area contributed by atoms with Crippen LogP contribution in [0.5, 0.6) is 5.75 Å². The molecular weight excluding hydrogens is 328 g/mol. The molecule has 0 bridgehead atoms. The Balaban J connectivity index is 1.54. The van der Waals surface area contributed by atoms with Crippen molar-refractivity contribution in [2.24, 2.45) is 5.92 Å². The van der Waals surface area contributed by atoms with Crippen molar-refractivity contribution in [1.82, 2.24) is 15.6 Å². The molecule has 6 nitrogen and oxygen atoms in total. The third-order valence-corrected chi connectivity index (χ3v) is 4.94. The van der Waals surface area contributed by atoms with Gasteiger partial charge in [0.05, 0.1) is 17.8 Å². The van der Waals surface area contributed by atoms with Crippen LogP contribution in [0.1, 0.15) is 12.8 Å². The Labute approximate surface area is 153 Å². The maximum atomic E-state index is 12.9. The predicted molar refractivity (Wildman–Crippen MR) is 101 cm³/mol. The van der Waals surface area contributed by atoms with E-state index in [2.05, 4.69) is 15.6 Å². The Hall–Kier alpha value is -2.44. The molecule has 2 aromatic rings. The highest BCUT2D eigenvalue weighted by atomic mass is 16.5. The molecule has 0 aliphatic carbocycles. The molecule has 0 spiro atoms. The quantitative estimate of drug-likeness (QED) is 0.863. The van der Waals surface area contributed by atoms with Gasteiger partial charge in [0.25, 0.3) is 0 Å². The molecule has 0 radical (unpaired) electrons. The van der Waals surface area contributed by atoms with E-state index in [4.69, 9.17) is 4.74 Å². The van der Waals surface area contributed by atoms with Crippen LogP contribution in [0.3, 0.4) is 0 Å². The van der Waals surface area contributed by atoms with Crippen LogP contribution < -0.4 is 20.3 Å². The molecule has 3 heterocycles. The predicted octanol–water partition coefficient (Wildman–Crippen LogP) is 2.10. The first-order chi connectivity index (χ1) is 12.8. The Morgan fingerprint density at radius 3 is 2.42 bits per heavy atom. The van der Waals surface area contributed by atoms with Gasteiger partial charge in [0.1, 0.15) is 11.9 Å². The number of nitrogens with zero attached hydrogens (tertiary/aromatic N) is 2. The van der Waals surface area contributed by atoms with Crippen LogP contribution in [-0.2, 0) is 4.79 Å². The number of rotatable bonds is 5. The largest absolute Gasteiger partial charge is 0.490 e. The van der Waals surface area contributed by atoms with Crippen molar-refractivity contribution in [2.75, 3.05) is 31.1 Å². The van der Waals surface area contributed by atoms with Gasteiger partial charge in [-0.15, -0.1) is 0 Å². The lowest BCUT2D eigenvalue weighted by Crippen LogP contribution is -2.51. The van der Waals surface area contributed by atoms with Crippen LogP contribution in [-0.4, -0.2) is 43.2 Å². The second-order valence-electron chi connectivity index (χ2n) is 6.80. The van der Waals surface area contributed by atoms with Gasteiger partial charge in [-0.25, -0.2) is 0 Å². The minimum atomic E-state index is 0.0147. The van der Waals surface area contributed by atoms with Gasteiger partial charge in [-0.2, -0.15) is 0 Å². The lowest BCUT2D eigenvalue weighted by molar-refractivity contribution is -0.123. The van der Waals surface area contributed by atoms with Crippen LogP contribution in [0.15, 0.2) is 48.8 Å². The molecule has 4 rings (SSSR count). The minimum Gasteiger partial charge on any atom is -0.490 e. The van der Waals surface area contributed by atoms with Crippen molar-refractivity contribution in [3.05, 3.63) is 48.8 Å². The summed E-state index contributed by atoms with van der Waals surface area (Å²) in [6.07, 6.45) is 5.75. The summed E-state index contributed by atoms with van der Waals surface area (Å²) in [5.41, 5.74) is 1.63. The van der Waals surface area contributed by atoms with Gasteiger partial charge < -0.3 is 15.4 Å². The van der Waals surface area contributed by atoms with E-state index in [1.54, 1.807) is 17.3 Å². The van der Waals surface area contributed by atoms with Gasteiger partial charge >= 0.3 is 0 Å². The zero-order valence-electron chi connectivity index (χ0n) is 14.7. The summed E-state index contributed by atoms with van der Waals surface area (Å²) >= 11 is 0. The zero-order valence-corrected chi connectivity index (χ0v) is 14.7. The Morgan fingerprint density at radius 1 is 1.04 bits per heavy atom. The summed E-state index contributed by atoms with van der Waals surface area (Å²) in [7, 11) is 0. The number of hydrogen-bond acceptors (Lipinski definition) is 5. The molecule has 2 saturated heterocycles. The highest BCUT2D eigenvalue weighted by Gasteiger charge is 2.31. The molecule has 0 unspecified atom stereocenters. The number of pyridine rings is 1. The van der Waals surface area contributed by atoms with Crippen LogP contribution in [0, 0.1) is 5.92 Å². The Kier molecular flexibility index (Phi) is 5.13. The van der Waals surface area contributed by atoms with Crippen LogP contribution >= 0.6 is 0 Å². The van der Waals surface area contributed by atoms with Crippen LogP contribution in [0.2, 0.25) is 0 Å². The molecular formula is C20H24N4O2. The second kappa shape index (κ2) is 7.85. The number of carbonyl (C=O) groups is 1. The van der Waals surface area contributed by atoms with Gasteiger partial charge in [-0.05, 0) is 62.3 Å². The molecule has 6 heteroatoms. The van der Waals surface area contributed by atoms with E-state index in [-0.39, 0.29) is 17.9 Å². The average Bonchev–Trinajstić information content (AvgIpc) is 2.64. The number of amides is 1. The molecule has 0 saturated carbocycles. The fourth-order valence-corrected chi connectivity index (χ4v) is 3.31. The third kappa shape index (κ3) is 3.71. The molecule has 136 valence electrons. The standard InChI is InChI=1S/C20H24N4O2/c25-20(15-12-23-13-15)24(17-2-1-9-22-14-17)16-3-5-18(6-4-16)26-19-7-10-21-11-8-19/h1-6,9,14-15,19,21,23H,7-8,10-13H2. The van der Waals surface area contributed by atoms with Gasteiger partial charge in [0, 0.05) is 25.0 Å². The van der Waals surface area contributed by atoms with E-state index in [0.717, 1.165) is 56.1 Å². The zero-order chi connectivity index (χ0) is 17.8. The first kappa shape index (κ1) is 17.0. The van der Waals surface area contributed by atoms with Crippen molar-refractivity contribution in [3.63, 3.8) is 0 Å². The fraction of sp³-hybridized carbons (Fsp3) is 0.400. The second-order valence-corrected chi connectivity index (χ2v) is 6.80. The summed E-state index contributed by atoms with van der Waals surface area (Å²) in [6, 6.07) is 11.6. The van der Waals surface area contributed by atoms with E-state index < -0.39 is 0 Å². The van der Waals surface area contributed by atoms with Crippen molar-refractivity contribution < 1.29 is 9.53 Å². The first-order valence-corrected chi connectivity index (χ1v) is 9.23. The van der Waals surface area contributed by atoms with E-state index in [9.17, 15) is 4.79 Å². The first-order valence-electron chi connectivity index (χ1n) is 9.23. The summed E-state index contributed by atoms with van der Waals surface area (Å²) in [5.74, 6) is 0.967. The van der Waals surface area contributed by atoms with Crippen LogP contribution in [0.4, 0.5) is 11.4 Å². The molecule has 2 fully saturated rings. The number of carbonyl (C=O) groups excluding carboxylic acids is 1. The molecule has 1 amide bonds. The molecule has 2 aliphatic heterocycles. The Bertz CT molecular complexity index is 725. The van der Waals surface area contributed by atoms with Crippen molar-refractivity contribution in [2.45, 2.75) is 18.9 Å². The molecule has 26 heavy (non-hydrogen) atoms. The number of benzene rings is 1. The number of aromatic nitrogens is 1. The fourth-order valence-electron chi connectivity index (χ4n) is 3.31. The number of hydrogen-bond donors (Lipinski definition) is 2. The van der Waals surface area contributed by atoms with Crippen molar-refractivity contribution in [1.29, 1.82) is 0 Å². The number of anilines is 2. The lowest BCUT2D eigenvalue weighted by atomic mass is 10.0. The maximum absolute atomic E-state index is 12.9. The Morgan fingerprint density at radius 2 is 1.81 bits per heavy atom. The number of ether oxygens (including phenoxy) is 1. The van der Waals surface area contributed by atoms with Crippen molar-refractivity contribution >= 4 is 17.3 Å². The monoisotopic (exact) mass is 352 g/mol. The number of piperidine rings is 1. The van der Waals surface area contributed by atoms with Crippen LogP contribution in [0.25, 0.3) is 0 Å². The van der Waals surface area contributed by atoms with E-state index >= 15 is 0 Å². The van der Waals surface area contributed by atoms with Gasteiger partial charge in [-0.1, -0.05) is 0 Å². The molecule has 2 aliphatic rings. The highest BCUT2D eigenvalue weighted by Crippen LogP contribution is 2.29. The molecule has 2 N–H and O–H groups in total. The number of nitrogens with one attached hydrogen (secondary N) is 2. The normalized spacial score (nSPS) is 18.2. The third-order valence-electron chi connectivity index (χ3n) is 4.94. The topological polar surface area (TPSA) is 66.5 Å². The SMILES string of the molecule is O=C(C1CNC1)N(c1ccc(OC2CCNCC2)cc1)c1cccnc1. The summed E-state index contributed by atoms with van der Waals surface area (Å²) in [5, 5.41) is 6.51. The average molecular weight is 352 g/mol. The van der Waals surface area contributed by atoms with Gasteiger partial charge in [-0.3, -0.25) is 14.7 Å². The van der Waals surface area contributed by atoms with Crippen molar-refractivity contribution in [3.8, 4) is 5.75 Å². The van der Waals surface area contributed by atoms with E-state index in [1.807, 2.05) is 36.4 Å². The summed E-state index contributed by atoms with van der Waals surface area (Å²) in [4.78, 5) is 18.9. The summed E-state index contributed by atoms with van der Waals surface area (Å²) in [6.45, 7) is 3.46. The molecule has 1 aromatic carbocycles. The van der Waals surface area contributed by atoms with E-state index in [0.29, 0.717) is 0 Å². The minimum absolute atomic E-state index is 0.0147. The maximum Gasteiger partial charge on any atom is 0.237 e. The smallest absolute Gasteiger partial charge is 0.237 e. The van der Waals surface area contributed by atoms with Gasteiger partial charge in [0.2, 0.25) is 5.91 Å². The van der Waals surface area contributed by atoms with E-state index in [1.165, 1.54) is 0 Å². The van der Waals surface area contributed by atoms with Gasteiger partial charge in [0.15, 0.2) is 0 Å². The molecule has 0 atom stereocenters.